The summed E-state index contributed by atoms with van der Waals surface area (Å²) in [5.74, 6) is -1.83. The fourth-order valence-corrected chi connectivity index (χ4v) is 1.37. The Bertz CT molecular complexity index is 649. The number of aromatic nitrogens is 2. The smallest absolute Gasteiger partial charge is 0.269 e. The van der Waals surface area contributed by atoms with Gasteiger partial charge in [0.1, 0.15) is 16.7 Å². The molecule has 0 aliphatic rings. The molecule has 1 aromatic carbocycles. The topological polar surface area (TPSA) is 62.8 Å². The van der Waals surface area contributed by atoms with Gasteiger partial charge in [-0.3, -0.25) is 9.59 Å². The van der Waals surface area contributed by atoms with Crippen LogP contribution in [-0.4, -0.2) is 16.3 Å². The summed E-state index contributed by atoms with van der Waals surface area (Å²) in [4.78, 5) is 27.4. The number of hydrogen-bond acceptors (Lipinski definition) is 3. The Morgan fingerprint density at radius 2 is 2.12 bits per heavy atom. The van der Waals surface area contributed by atoms with Crippen LogP contribution in [0.4, 0.5) is 8.78 Å². The van der Waals surface area contributed by atoms with E-state index >= 15 is 0 Å². The molecule has 0 amide bonds. The lowest BCUT2D eigenvalue weighted by molar-refractivity contribution is 0.111. The van der Waals surface area contributed by atoms with Crippen LogP contribution >= 0.6 is 0 Å². The fourth-order valence-electron chi connectivity index (χ4n) is 1.37. The Balaban J connectivity index is 3.02. The van der Waals surface area contributed by atoms with Gasteiger partial charge in [0.05, 0.1) is 5.56 Å². The third-order valence-electron chi connectivity index (χ3n) is 2.19. The molecular formula is C10H6F2N2O2. The Kier molecular flexibility index (Phi) is 2.26. The van der Waals surface area contributed by atoms with Crippen LogP contribution in [0.5, 0.6) is 0 Å². The number of benzene rings is 1. The van der Waals surface area contributed by atoms with E-state index in [1.807, 2.05) is 0 Å². The predicted molar refractivity (Wildman–Crippen MR) is 52.4 cm³/mol. The van der Waals surface area contributed by atoms with Gasteiger partial charge in [-0.25, -0.2) is 13.8 Å². The molecule has 0 spiro atoms. The van der Waals surface area contributed by atoms with Crippen LogP contribution in [0, 0.1) is 18.6 Å². The van der Waals surface area contributed by atoms with Gasteiger partial charge in [-0.05, 0) is 13.0 Å². The van der Waals surface area contributed by atoms with Gasteiger partial charge < -0.3 is 4.98 Å². The van der Waals surface area contributed by atoms with Crippen molar-refractivity contribution in [2.45, 2.75) is 6.92 Å². The van der Waals surface area contributed by atoms with Gasteiger partial charge in [-0.15, -0.1) is 0 Å². The summed E-state index contributed by atoms with van der Waals surface area (Å²) in [7, 11) is 0. The highest BCUT2D eigenvalue weighted by Crippen LogP contribution is 2.19. The standard InChI is InChI=1S/C10H6F2N2O2/c1-4-10(16)14-9-7(12)5(3-15)2-6(11)8(9)13-4/h2-3H,1H3,(H,14,16). The molecule has 0 aliphatic carbocycles. The van der Waals surface area contributed by atoms with Crippen molar-refractivity contribution < 1.29 is 13.6 Å². The Hall–Kier alpha value is -2.11. The fraction of sp³-hybridized carbons (Fsp3) is 0.100. The van der Waals surface area contributed by atoms with Crippen LogP contribution in [-0.2, 0) is 0 Å². The average molecular weight is 224 g/mol. The Morgan fingerprint density at radius 3 is 2.75 bits per heavy atom. The predicted octanol–water partition coefficient (Wildman–Crippen LogP) is 1.32. The van der Waals surface area contributed by atoms with E-state index in [1.165, 1.54) is 6.92 Å². The molecule has 0 saturated heterocycles. The summed E-state index contributed by atoms with van der Waals surface area (Å²) in [5, 5.41) is 0. The molecule has 2 rings (SSSR count). The first-order chi connectivity index (χ1) is 7.54. The number of fused-ring (bicyclic) bond motifs is 1. The highest BCUT2D eigenvalue weighted by atomic mass is 19.1. The number of aromatic amines is 1. The molecule has 0 unspecified atom stereocenters. The summed E-state index contributed by atoms with van der Waals surface area (Å²) < 4.78 is 27.0. The van der Waals surface area contributed by atoms with Crippen LogP contribution in [0.15, 0.2) is 10.9 Å². The maximum atomic E-state index is 13.6. The zero-order valence-electron chi connectivity index (χ0n) is 8.17. The molecule has 0 radical (unpaired) electrons. The molecule has 0 bridgehead atoms. The van der Waals surface area contributed by atoms with Crippen LogP contribution in [0.3, 0.4) is 0 Å². The van der Waals surface area contributed by atoms with Crippen LogP contribution in [0.2, 0.25) is 0 Å². The van der Waals surface area contributed by atoms with Crippen LogP contribution < -0.4 is 5.56 Å². The quantitative estimate of drug-likeness (QED) is 0.743. The molecule has 4 nitrogen and oxygen atoms in total. The monoisotopic (exact) mass is 224 g/mol. The minimum absolute atomic E-state index is 0.0321. The highest BCUT2D eigenvalue weighted by molar-refractivity contribution is 5.85. The molecule has 1 heterocycles. The molecule has 0 fully saturated rings. The first-order valence-electron chi connectivity index (χ1n) is 4.38. The van der Waals surface area contributed by atoms with Crippen molar-refractivity contribution in [2.75, 3.05) is 0 Å². The minimum Gasteiger partial charge on any atom is -0.317 e. The zero-order valence-corrected chi connectivity index (χ0v) is 8.17. The van der Waals surface area contributed by atoms with E-state index in [0.29, 0.717) is 0 Å². The van der Waals surface area contributed by atoms with E-state index in [2.05, 4.69) is 9.97 Å². The van der Waals surface area contributed by atoms with Crippen molar-refractivity contribution in [1.82, 2.24) is 9.97 Å². The number of rotatable bonds is 1. The number of aldehydes is 1. The summed E-state index contributed by atoms with van der Waals surface area (Å²) in [6, 6.07) is 0.745. The first kappa shape index (κ1) is 10.4. The number of H-pyrrole nitrogens is 1. The SMILES string of the molecule is Cc1nc2c(F)cc(C=O)c(F)c2[nH]c1=O. The van der Waals surface area contributed by atoms with Crippen molar-refractivity contribution in [1.29, 1.82) is 0 Å². The van der Waals surface area contributed by atoms with E-state index in [-0.39, 0.29) is 17.5 Å². The normalized spacial score (nSPS) is 10.7. The molecule has 0 saturated carbocycles. The van der Waals surface area contributed by atoms with E-state index in [4.69, 9.17) is 0 Å². The van der Waals surface area contributed by atoms with Crippen molar-refractivity contribution in [2.24, 2.45) is 0 Å². The van der Waals surface area contributed by atoms with Crippen molar-refractivity contribution in [3.8, 4) is 0 Å². The van der Waals surface area contributed by atoms with Gasteiger partial charge in [0.25, 0.3) is 5.56 Å². The van der Waals surface area contributed by atoms with Crippen molar-refractivity contribution in [3.63, 3.8) is 0 Å². The first-order valence-corrected chi connectivity index (χ1v) is 4.38. The van der Waals surface area contributed by atoms with Crippen molar-refractivity contribution in [3.05, 3.63) is 39.3 Å². The molecule has 16 heavy (non-hydrogen) atoms. The lowest BCUT2D eigenvalue weighted by Crippen LogP contribution is -2.13. The molecule has 82 valence electrons. The number of aryl methyl sites for hydroxylation is 1. The van der Waals surface area contributed by atoms with Gasteiger partial charge in [0.2, 0.25) is 0 Å². The Morgan fingerprint density at radius 1 is 1.44 bits per heavy atom. The summed E-state index contributed by atoms with van der Waals surface area (Å²) in [5.41, 5.74) is -1.72. The third-order valence-corrected chi connectivity index (χ3v) is 2.19. The summed E-state index contributed by atoms with van der Waals surface area (Å²) in [6.07, 6.45) is 0.177. The lowest BCUT2D eigenvalue weighted by Gasteiger charge is -2.03. The molecule has 2 aromatic rings. The zero-order chi connectivity index (χ0) is 11.9. The second kappa shape index (κ2) is 3.48. The van der Waals surface area contributed by atoms with Gasteiger partial charge >= 0.3 is 0 Å². The number of hydrogen-bond donors (Lipinski definition) is 1. The number of nitrogens with zero attached hydrogens (tertiary/aromatic N) is 1. The number of carbonyl (C=O) groups is 1. The number of halogens is 2. The molecule has 1 N–H and O–H groups in total. The van der Waals surface area contributed by atoms with E-state index in [0.717, 1.165) is 6.07 Å². The highest BCUT2D eigenvalue weighted by Gasteiger charge is 2.14. The number of nitrogens with one attached hydrogen (secondary N) is 1. The molecule has 0 aliphatic heterocycles. The summed E-state index contributed by atoms with van der Waals surface area (Å²) in [6.45, 7) is 1.38. The lowest BCUT2D eigenvalue weighted by atomic mass is 10.2. The maximum absolute atomic E-state index is 13.6. The van der Waals surface area contributed by atoms with Gasteiger partial charge in [-0.1, -0.05) is 0 Å². The molecule has 1 aromatic heterocycles. The van der Waals surface area contributed by atoms with E-state index in [9.17, 15) is 18.4 Å². The largest absolute Gasteiger partial charge is 0.317 e. The second-order valence-electron chi connectivity index (χ2n) is 3.25. The van der Waals surface area contributed by atoms with Gasteiger partial charge in [0, 0.05) is 0 Å². The van der Waals surface area contributed by atoms with Crippen LogP contribution in [0.1, 0.15) is 16.1 Å². The van der Waals surface area contributed by atoms with Gasteiger partial charge in [0.15, 0.2) is 17.9 Å². The van der Waals surface area contributed by atoms with E-state index < -0.39 is 28.3 Å². The average Bonchev–Trinajstić information content (AvgIpc) is 2.26. The van der Waals surface area contributed by atoms with Crippen molar-refractivity contribution >= 4 is 17.3 Å². The maximum Gasteiger partial charge on any atom is 0.269 e. The van der Waals surface area contributed by atoms with E-state index in [1.54, 1.807) is 0 Å². The molecule has 6 heteroatoms. The third kappa shape index (κ3) is 1.39. The molecule has 0 atom stereocenters. The second-order valence-corrected chi connectivity index (χ2v) is 3.25. The van der Waals surface area contributed by atoms with Crippen LogP contribution in [0.25, 0.3) is 11.0 Å². The van der Waals surface area contributed by atoms with Gasteiger partial charge in [-0.2, -0.15) is 0 Å². The Labute approximate surface area is 87.9 Å². The number of carbonyl (C=O) groups excluding carboxylic acids is 1. The minimum atomic E-state index is -0.976. The summed E-state index contributed by atoms with van der Waals surface area (Å²) >= 11 is 0. The molecular weight excluding hydrogens is 218 g/mol.